The lowest BCUT2D eigenvalue weighted by Crippen LogP contribution is -2.06. The van der Waals surface area contributed by atoms with Crippen LogP contribution in [0.1, 0.15) is 15.9 Å². The van der Waals surface area contributed by atoms with Crippen LogP contribution in [0.5, 0.6) is 0 Å². The lowest BCUT2D eigenvalue weighted by Gasteiger charge is -2.04. The number of aromatic nitrogens is 1. The highest BCUT2D eigenvalue weighted by Crippen LogP contribution is 2.24. The van der Waals surface area contributed by atoms with Gasteiger partial charge in [0.25, 0.3) is 0 Å². The SMILES string of the molecule is O=C(Cc1c(F)cccc1F)c1c[nH]c2ccc(Br)cc12. The molecule has 0 fully saturated rings. The molecule has 0 unspecified atom stereocenters. The number of halogens is 3. The van der Waals surface area contributed by atoms with E-state index >= 15 is 0 Å². The van der Waals surface area contributed by atoms with E-state index in [-0.39, 0.29) is 17.8 Å². The minimum atomic E-state index is -0.704. The second-order valence-electron chi connectivity index (χ2n) is 4.69. The molecule has 0 atom stereocenters. The zero-order valence-electron chi connectivity index (χ0n) is 10.8. The van der Waals surface area contributed by atoms with Crippen molar-refractivity contribution >= 4 is 32.6 Å². The van der Waals surface area contributed by atoms with Crippen LogP contribution in [0.2, 0.25) is 0 Å². The van der Waals surface area contributed by atoms with Crippen molar-refractivity contribution in [2.24, 2.45) is 0 Å². The van der Waals surface area contributed by atoms with Crippen molar-refractivity contribution in [2.45, 2.75) is 6.42 Å². The molecule has 1 heterocycles. The van der Waals surface area contributed by atoms with Crippen molar-refractivity contribution in [1.29, 1.82) is 0 Å². The molecule has 106 valence electrons. The minimum absolute atomic E-state index is 0.202. The highest BCUT2D eigenvalue weighted by Gasteiger charge is 2.17. The van der Waals surface area contributed by atoms with E-state index in [1.807, 2.05) is 12.1 Å². The van der Waals surface area contributed by atoms with Crippen LogP contribution in [-0.4, -0.2) is 10.8 Å². The molecule has 1 N–H and O–H groups in total. The topological polar surface area (TPSA) is 32.9 Å². The number of nitrogens with one attached hydrogen (secondary N) is 1. The first-order valence-electron chi connectivity index (χ1n) is 6.29. The van der Waals surface area contributed by atoms with Gasteiger partial charge in [-0.25, -0.2) is 8.78 Å². The van der Waals surface area contributed by atoms with Crippen LogP contribution in [0.25, 0.3) is 10.9 Å². The van der Waals surface area contributed by atoms with Crippen molar-refractivity contribution < 1.29 is 13.6 Å². The van der Waals surface area contributed by atoms with Crippen molar-refractivity contribution in [3.8, 4) is 0 Å². The van der Waals surface area contributed by atoms with Gasteiger partial charge in [0.15, 0.2) is 5.78 Å². The van der Waals surface area contributed by atoms with Crippen molar-refractivity contribution in [2.75, 3.05) is 0 Å². The molecular weight excluding hydrogens is 340 g/mol. The Balaban J connectivity index is 2.00. The van der Waals surface area contributed by atoms with E-state index in [2.05, 4.69) is 20.9 Å². The summed E-state index contributed by atoms with van der Waals surface area (Å²) in [7, 11) is 0. The molecule has 0 amide bonds. The Morgan fingerprint density at radius 2 is 1.86 bits per heavy atom. The first-order chi connectivity index (χ1) is 10.1. The van der Waals surface area contributed by atoms with Crippen LogP contribution in [0.3, 0.4) is 0 Å². The maximum atomic E-state index is 13.6. The first kappa shape index (κ1) is 13.9. The van der Waals surface area contributed by atoms with Gasteiger partial charge in [0.1, 0.15) is 11.6 Å². The fourth-order valence-corrected chi connectivity index (χ4v) is 2.64. The second kappa shape index (κ2) is 5.41. The summed E-state index contributed by atoms with van der Waals surface area (Å²) >= 11 is 3.35. The Hall–Kier alpha value is -2.01. The molecule has 0 saturated heterocycles. The van der Waals surface area contributed by atoms with Gasteiger partial charge < -0.3 is 4.98 Å². The Labute approximate surface area is 127 Å². The Morgan fingerprint density at radius 1 is 1.14 bits per heavy atom. The van der Waals surface area contributed by atoms with E-state index in [1.54, 1.807) is 12.3 Å². The predicted octanol–water partition coefficient (Wildman–Crippen LogP) is 4.63. The molecule has 2 aromatic carbocycles. The van der Waals surface area contributed by atoms with Crippen LogP contribution in [0.4, 0.5) is 8.78 Å². The van der Waals surface area contributed by atoms with Gasteiger partial charge in [-0.15, -0.1) is 0 Å². The molecule has 0 aliphatic heterocycles. The third kappa shape index (κ3) is 2.61. The summed E-state index contributed by atoms with van der Waals surface area (Å²) in [6.45, 7) is 0. The summed E-state index contributed by atoms with van der Waals surface area (Å²) < 4.78 is 28.1. The summed E-state index contributed by atoms with van der Waals surface area (Å²) in [6, 6.07) is 9.07. The highest BCUT2D eigenvalue weighted by molar-refractivity contribution is 9.10. The summed E-state index contributed by atoms with van der Waals surface area (Å²) in [5.41, 5.74) is 1.02. The van der Waals surface area contributed by atoms with Crippen LogP contribution in [0, 0.1) is 11.6 Å². The van der Waals surface area contributed by atoms with Gasteiger partial charge in [0, 0.05) is 39.1 Å². The fourth-order valence-electron chi connectivity index (χ4n) is 2.28. The monoisotopic (exact) mass is 349 g/mol. The predicted molar refractivity (Wildman–Crippen MR) is 80.4 cm³/mol. The van der Waals surface area contributed by atoms with Gasteiger partial charge in [-0.1, -0.05) is 22.0 Å². The number of hydrogen-bond donors (Lipinski definition) is 1. The summed E-state index contributed by atoms with van der Waals surface area (Å²) in [5, 5.41) is 0.728. The number of ketones is 1. The molecule has 0 bridgehead atoms. The normalized spacial score (nSPS) is 11.0. The Kier molecular flexibility index (Phi) is 3.59. The molecule has 0 radical (unpaired) electrons. The van der Waals surface area contributed by atoms with E-state index in [1.165, 1.54) is 6.07 Å². The standard InChI is InChI=1S/C16H10BrF2NO/c17-9-4-5-15-10(6-9)12(8-20-15)16(21)7-11-13(18)2-1-3-14(11)19/h1-6,8,20H,7H2. The maximum Gasteiger partial charge on any atom is 0.169 e. The summed E-state index contributed by atoms with van der Waals surface area (Å²) in [5.74, 6) is -1.74. The van der Waals surface area contributed by atoms with Crippen molar-refractivity contribution in [1.82, 2.24) is 4.98 Å². The summed E-state index contributed by atoms with van der Waals surface area (Å²) in [6.07, 6.45) is 1.26. The van der Waals surface area contributed by atoms with Gasteiger partial charge in [-0.2, -0.15) is 0 Å². The van der Waals surface area contributed by atoms with Gasteiger partial charge in [0.05, 0.1) is 0 Å². The fraction of sp³-hybridized carbons (Fsp3) is 0.0625. The zero-order valence-corrected chi connectivity index (χ0v) is 12.4. The van der Waals surface area contributed by atoms with Crippen LogP contribution >= 0.6 is 15.9 Å². The number of rotatable bonds is 3. The largest absolute Gasteiger partial charge is 0.360 e. The van der Waals surface area contributed by atoms with Crippen LogP contribution < -0.4 is 0 Å². The van der Waals surface area contributed by atoms with Gasteiger partial charge in [0.2, 0.25) is 0 Å². The maximum absolute atomic E-state index is 13.6. The van der Waals surface area contributed by atoms with E-state index in [0.29, 0.717) is 5.56 Å². The first-order valence-corrected chi connectivity index (χ1v) is 7.08. The van der Waals surface area contributed by atoms with Crippen LogP contribution in [-0.2, 0) is 6.42 Å². The summed E-state index contributed by atoms with van der Waals surface area (Å²) in [4.78, 5) is 15.3. The van der Waals surface area contributed by atoms with Crippen LogP contribution in [0.15, 0.2) is 47.1 Å². The number of H-pyrrole nitrogens is 1. The molecule has 0 aliphatic carbocycles. The number of Topliss-reactive ketones (excluding diaryl/α,β-unsaturated/α-hetero) is 1. The highest BCUT2D eigenvalue weighted by atomic mass is 79.9. The number of benzene rings is 2. The molecule has 3 aromatic rings. The lowest BCUT2D eigenvalue weighted by atomic mass is 10.0. The van der Waals surface area contributed by atoms with Gasteiger partial charge >= 0.3 is 0 Å². The van der Waals surface area contributed by atoms with E-state index in [0.717, 1.165) is 27.5 Å². The van der Waals surface area contributed by atoms with Gasteiger partial charge in [-0.3, -0.25) is 4.79 Å². The molecule has 2 nitrogen and oxygen atoms in total. The number of carbonyl (C=O) groups excluding carboxylic acids is 1. The molecule has 0 saturated carbocycles. The number of aromatic amines is 1. The molecule has 5 heteroatoms. The van der Waals surface area contributed by atoms with E-state index < -0.39 is 11.6 Å². The van der Waals surface area contributed by atoms with E-state index in [4.69, 9.17) is 0 Å². The molecular formula is C16H10BrF2NO. The Morgan fingerprint density at radius 3 is 2.57 bits per heavy atom. The van der Waals surface area contributed by atoms with Crippen molar-refractivity contribution in [3.63, 3.8) is 0 Å². The smallest absolute Gasteiger partial charge is 0.169 e. The van der Waals surface area contributed by atoms with Gasteiger partial charge in [-0.05, 0) is 30.3 Å². The molecule has 3 rings (SSSR count). The third-order valence-corrected chi connectivity index (χ3v) is 3.84. The number of carbonyl (C=O) groups is 1. The third-order valence-electron chi connectivity index (χ3n) is 3.34. The minimum Gasteiger partial charge on any atom is -0.360 e. The molecule has 1 aromatic heterocycles. The molecule has 0 spiro atoms. The van der Waals surface area contributed by atoms with Crippen molar-refractivity contribution in [3.05, 3.63) is 69.8 Å². The quantitative estimate of drug-likeness (QED) is 0.686. The average molecular weight is 350 g/mol. The zero-order chi connectivity index (χ0) is 15.0. The molecule has 0 aliphatic rings. The average Bonchev–Trinajstić information content (AvgIpc) is 2.86. The Bertz CT molecular complexity index is 821. The number of fused-ring (bicyclic) bond motifs is 1. The lowest BCUT2D eigenvalue weighted by molar-refractivity contribution is 0.0992. The number of hydrogen-bond acceptors (Lipinski definition) is 1. The second-order valence-corrected chi connectivity index (χ2v) is 5.61. The molecule has 21 heavy (non-hydrogen) atoms. The van der Waals surface area contributed by atoms with E-state index in [9.17, 15) is 13.6 Å².